The molecule has 0 aromatic heterocycles. The summed E-state index contributed by atoms with van der Waals surface area (Å²) in [7, 11) is 1.60. The molecule has 0 saturated carbocycles. The van der Waals surface area contributed by atoms with Gasteiger partial charge in [-0.2, -0.15) is 0 Å². The van der Waals surface area contributed by atoms with E-state index in [-0.39, 0.29) is 11.8 Å². The maximum Gasteiger partial charge on any atom is 0.282 e. The van der Waals surface area contributed by atoms with Crippen LogP contribution in [0.15, 0.2) is 54.2 Å². The van der Waals surface area contributed by atoms with Gasteiger partial charge in [0.15, 0.2) is 0 Å². The molecule has 2 heterocycles. The summed E-state index contributed by atoms with van der Waals surface area (Å²) in [5.41, 5.74) is 2.06. The number of anilines is 1. The standard InChI is InChI=1S/C25H29N3O4/c1-4-26-14-16-27(17-15-26)23-22(18-10-12-19(31-3)13-11-18)24(29)28(25(23)30)20-8-6-7-9-21(20)32-5-2/h6-13H,4-5,14-17H2,1-3H3. The molecule has 2 aliphatic rings. The van der Waals surface area contributed by atoms with Gasteiger partial charge in [-0.05, 0) is 43.3 Å². The molecule has 0 unspecified atom stereocenters. The average Bonchev–Trinajstić information content (AvgIpc) is 3.09. The minimum absolute atomic E-state index is 0.307. The fourth-order valence-corrected chi connectivity index (χ4v) is 4.26. The number of rotatable bonds is 7. The molecule has 0 aliphatic carbocycles. The first-order chi connectivity index (χ1) is 15.6. The number of ether oxygens (including phenoxy) is 2. The Hall–Kier alpha value is -3.32. The second-order valence-corrected chi connectivity index (χ2v) is 7.72. The molecule has 2 amide bonds. The number of hydrogen-bond acceptors (Lipinski definition) is 6. The Morgan fingerprint density at radius 1 is 0.875 bits per heavy atom. The van der Waals surface area contributed by atoms with E-state index in [1.54, 1.807) is 19.2 Å². The SMILES string of the molecule is CCOc1ccccc1N1C(=O)C(c2ccc(OC)cc2)=C(N2CCN(CC)CC2)C1=O. The predicted octanol–water partition coefficient (Wildman–Crippen LogP) is 3.02. The second kappa shape index (κ2) is 9.44. The van der Waals surface area contributed by atoms with Crippen LogP contribution < -0.4 is 14.4 Å². The number of likely N-dealkylation sites (N-methyl/N-ethyl adjacent to an activating group) is 1. The molecule has 2 aliphatic heterocycles. The molecule has 2 aromatic carbocycles. The van der Waals surface area contributed by atoms with E-state index in [9.17, 15) is 9.59 Å². The third-order valence-corrected chi connectivity index (χ3v) is 5.98. The quantitative estimate of drug-likeness (QED) is 0.623. The van der Waals surface area contributed by atoms with Crippen LogP contribution >= 0.6 is 0 Å². The third-order valence-electron chi connectivity index (χ3n) is 5.98. The van der Waals surface area contributed by atoms with E-state index in [0.717, 1.165) is 19.6 Å². The lowest BCUT2D eigenvalue weighted by Crippen LogP contribution is -2.47. The van der Waals surface area contributed by atoms with Crippen molar-refractivity contribution in [3.63, 3.8) is 0 Å². The van der Waals surface area contributed by atoms with Crippen LogP contribution in [0, 0.1) is 0 Å². The van der Waals surface area contributed by atoms with Crippen LogP contribution in [-0.4, -0.2) is 68.1 Å². The molecule has 0 radical (unpaired) electrons. The summed E-state index contributed by atoms with van der Waals surface area (Å²) in [6.07, 6.45) is 0. The zero-order valence-corrected chi connectivity index (χ0v) is 18.8. The lowest BCUT2D eigenvalue weighted by molar-refractivity contribution is -0.120. The zero-order chi connectivity index (χ0) is 22.7. The van der Waals surface area contributed by atoms with Gasteiger partial charge < -0.3 is 19.3 Å². The molecule has 0 spiro atoms. The van der Waals surface area contributed by atoms with Crippen molar-refractivity contribution in [1.29, 1.82) is 0 Å². The van der Waals surface area contributed by atoms with Crippen molar-refractivity contribution in [1.82, 2.24) is 9.80 Å². The summed E-state index contributed by atoms with van der Waals surface area (Å²) in [5.74, 6) is 0.573. The maximum atomic E-state index is 13.7. The number of methoxy groups -OCH3 is 1. The van der Waals surface area contributed by atoms with Crippen molar-refractivity contribution in [2.45, 2.75) is 13.8 Å². The van der Waals surface area contributed by atoms with E-state index >= 15 is 0 Å². The molecule has 0 N–H and O–H groups in total. The fourth-order valence-electron chi connectivity index (χ4n) is 4.26. The van der Waals surface area contributed by atoms with Crippen molar-refractivity contribution < 1.29 is 19.1 Å². The fraction of sp³-hybridized carbons (Fsp3) is 0.360. The van der Waals surface area contributed by atoms with Crippen LogP contribution in [0.25, 0.3) is 5.57 Å². The normalized spacial score (nSPS) is 17.3. The number of hydrogen-bond donors (Lipinski definition) is 0. The molecule has 7 nitrogen and oxygen atoms in total. The van der Waals surface area contributed by atoms with E-state index in [1.807, 2.05) is 43.3 Å². The number of amides is 2. The van der Waals surface area contributed by atoms with Gasteiger partial charge in [0.05, 0.1) is 25.0 Å². The zero-order valence-electron chi connectivity index (χ0n) is 18.8. The predicted molar refractivity (Wildman–Crippen MR) is 124 cm³/mol. The van der Waals surface area contributed by atoms with Crippen LogP contribution in [-0.2, 0) is 9.59 Å². The van der Waals surface area contributed by atoms with E-state index in [0.29, 0.717) is 53.7 Å². The van der Waals surface area contributed by atoms with Gasteiger partial charge in [-0.25, -0.2) is 4.90 Å². The summed E-state index contributed by atoms with van der Waals surface area (Å²) in [6.45, 7) is 8.53. The van der Waals surface area contributed by atoms with Crippen LogP contribution in [0.4, 0.5) is 5.69 Å². The summed E-state index contributed by atoms with van der Waals surface area (Å²) >= 11 is 0. The molecule has 4 rings (SSSR count). The molecule has 32 heavy (non-hydrogen) atoms. The Balaban J connectivity index is 1.78. The Morgan fingerprint density at radius 2 is 1.56 bits per heavy atom. The van der Waals surface area contributed by atoms with E-state index < -0.39 is 0 Å². The third kappa shape index (κ3) is 3.96. The van der Waals surface area contributed by atoms with E-state index in [1.165, 1.54) is 4.90 Å². The van der Waals surface area contributed by atoms with Gasteiger partial charge in [-0.3, -0.25) is 9.59 Å². The number of nitrogens with zero attached hydrogens (tertiary/aromatic N) is 3. The van der Waals surface area contributed by atoms with Crippen molar-refractivity contribution in [3.8, 4) is 11.5 Å². The van der Waals surface area contributed by atoms with Crippen LogP contribution in [0.2, 0.25) is 0 Å². The Labute approximate surface area is 188 Å². The summed E-state index contributed by atoms with van der Waals surface area (Å²) in [6, 6.07) is 14.5. The first-order valence-corrected chi connectivity index (χ1v) is 11.1. The molecule has 1 fully saturated rings. The molecule has 1 saturated heterocycles. The van der Waals surface area contributed by atoms with Crippen molar-refractivity contribution in [3.05, 3.63) is 59.8 Å². The Bertz CT molecular complexity index is 1020. The largest absolute Gasteiger partial charge is 0.497 e. The minimum Gasteiger partial charge on any atom is -0.497 e. The Morgan fingerprint density at radius 3 is 2.19 bits per heavy atom. The van der Waals surface area contributed by atoms with Crippen LogP contribution in [0.5, 0.6) is 11.5 Å². The molecule has 0 atom stereocenters. The molecule has 0 bridgehead atoms. The lowest BCUT2D eigenvalue weighted by Gasteiger charge is -2.36. The van der Waals surface area contributed by atoms with E-state index in [4.69, 9.17) is 9.47 Å². The van der Waals surface area contributed by atoms with Crippen molar-refractivity contribution in [2.24, 2.45) is 0 Å². The van der Waals surface area contributed by atoms with Gasteiger partial charge in [0.25, 0.3) is 11.8 Å². The number of carbonyl (C=O) groups is 2. The van der Waals surface area contributed by atoms with Crippen molar-refractivity contribution in [2.75, 3.05) is 51.3 Å². The number of benzene rings is 2. The summed E-state index contributed by atoms with van der Waals surface area (Å²) in [4.78, 5) is 33.1. The monoisotopic (exact) mass is 435 g/mol. The van der Waals surface area contributed by atoms with Crippen LogP contribution in [0.3, 0.4) is 0 Å². The number of piperazine rings is 1. The number of para-hydroxylation sites is 2. The number of imide groups is 1. The molecule has 7 heteroatoms. The highest BCUT2D eigenvalue weighted by molar-refractivity contribution is 6.45. The number of carbonyl (C=O) groups excluding carboxylic acids is 2. The van der Waals surface area contributed by atoms with Gasteiger partial charge in [0.1, 0.15) is 17.2 Å². The van der Waals surface area contributed by atoms with Crippen molar-refractivity contribution >= 4 is 23.1 Å². The highest BCUT2D eigenvalue weighted by atomic mass is 16.5. The van der Waals surface area contributed by atoms with Gasteiger partial charge in [0.2, 0.25) is 0 Å². The minimum atomic E-state index is -0.333. The maximum absolute atomic E-state index is 13.7. The van der Waals surface area contributed by atoms with Crippen LogP contribution in [0.1, 0.15) is 19.4 Å². The Kier molecular flexibility index (Phi) is 6.46. The van der Waals surface area contributed by atoms with Gasteiger partial charge in [-0.15, -0.1) is 0 Å². The van der Waals surface area contributed by atoms with E-state index in [2.05, 4.69) is 16.7 Å². The first-order valence-electron chi connectivity index (χ1n) is 11.1. The molecule has 168 valence electrons. The summed E-state index contributed by atoms with van der Waals surface area (Å²) in [5, 5.41) is 0. The van der Waals surface area contributed by atoms with Gasteiger partial charge in [-0.1, -0.05) is 31.2 Å². The average molecular weight is 436 g/mol. The molecular formula is C25H29N3O4. The highest BCUT2D eigenvalue weighted by Crippen LogP contribution is 2.39. The highest BCUT2D eigenvalue weighted by Gasteiger charge is 2.43. The smallest absolute Gasteiger partial charge is 0.282 e. The lowest BCUT2D eigenvalue weighted by atomic mass is 10.0. The molecular weight excluding hydrogens is 406 g/mol. The summed E-state index contributed by atoms with van der Waals surface area (Å²) < 4.78 is 11.0. The van der Waals surface area contributed by atoms with Gasteiger partial charge in [0, 0.05) is 26.2 Å². The topological polar surface area (TPSA) is 62.3 Å². The molecule has 2 aromatic rings. The van der Waals surface area contributed by atoms with Gasteiger partial charge >= 0.3 is 0 Å². The first kappa shape index (κ1) is 21.9. The second-order valence-electron chi connectivity index (χ2n) is 7.72.